The zero-order valence-electron chi connectivity index (χ0n) is 17.1. The molecule has 2 aromatic carbocycles. The third-order valence-corrected chi connectivity index (χ3v) is 7.57. The molecule has 0 radical (unpaired) electrons. The second-order valence-corrected chi connectivity index (χ2v) is 9.43. The van der Waals surface area contributed by atoms with Gasteiger partial charge in [0.05, 0.1) is 16.9 Å². The molecule has 3 amide bonds. The summed E-state index contributed by atoms with van der Waals surface area (Å²) in [7, 11) is 0. The van der Waals surface area contributed by atoms with Crippen molar-refractivity contribution in [2.24, 2.45) is 35.5 Å². The molecule has 4 aliphatic carbocycles. The Morgan fingerprint density at radius 3 is 2.22 bits per heavy atom. The third kappa shape index (κ3) is 3.05. The third-order valence-electron chi connectivity index (χ3n) is 7.26. The molecule has 3 fully saturated rings. The number of imide groups is 1. The summed E-state index contributed by atoms with van der Waals surface area (Å²) >= 11 is 6.11. The number of ether oxygens (including phenoxy) is 1. The van der Waals surface area contributed by atoms with E-state index in [4.69, 9.17) is 16.3 Å². The Morgan fingerprint density at radius 2 is 1.59 bits per heavy atom. The van der Waals surface area contributed by atoms with Crippen molar-refractivity contribution in [3.05, 3.63) is 65.7 Å². The van der Waals surface area contributed by atoms with Crippen molar-refractivity contribution >= 4 is 35.0 Å². The fraction of sp³-hybridized carbons (Fsp3) is 0.320. The van der Waals surface area contributed by atoms with Crippen LogP contribution in [0.4, 0.5) is 5.69 Å². The lowest BCUT2D eigenvalue weighted by Crippen LogP contribution is -2.40. The maximum absolute atomic E-state index is 13.0. The van der Waals surface area contributed by atoms with Gasteiger partial charge < -0.3 is 10.1 Å². The van der Waals surface area contributed by atoms with Gasteiger partial charge in [-0.25, -0.2) is 0 Å². The van der Waals surface area contributed by atoms with Crippen molar-refractivity contribution in [3.8, 4) is 11.5 Å². The van der Waals surface area contributed by atoms with Gasteiger partial charge in [0, 0.05) is 5.69 Å². The molecule has 2 saturated carbocycles. The number of para-hydroxylation sites is 1. The molecule has 1 heterocycles. The number of benzene rings is 2. The smallest absolute Gasteiger partial charge is 0.244 e. The minimum Gasteiger partial charge on any atom is -0.456 e. The fourth-order valence-corrected chi connectivity index (χ4v) is 5.95. The zero-order valence-corrected chi connectivity index (χ0v) is 17.9. The summed E-state index contributed by atoms with van der Waals surface area (Å²) in [5.41, 5.74) is 0.556. The summed E-state index contributed by atoms with van der Waals surface area (Å²) in [4.78, 5) is 39.8. The summed E-state index contributed by atoms with van der Waals surface area (Å²) < 4.78 is 5.75. The molecule has 1 N–H and O–H groups in total. The van der Waals surface area contributed by atoms with Crippen LogP contribution in [0.1, 0.15) is 6.42 Å². The van der Waals surface area contributed by atoms with Gasteiger partial charge in [0.1, 0.15) is 18.0 Å². The van der Waals surface area contributed by atoms with Gasteiger partial charge in [-0.1, -0.05) is 35.9 Å². The topological polar surface area (TPSA) is 75.7 Å². The molecule has 5 aliphatic rings. The molecule has 2 bridgehead atoms. The number of nitrogens with zero attached hydrogens (tertiary/aromatic N) is 1. The van der Waals surface area contributed by atoms with Crippen molar-refractivity contribution in [3.63, 3.8) is 0 Å². The van der Waals surface area contributed by atoms with Crippen LogP contribution in [0.3, 0.4) is 0 Å². The Hall–Kier alpha value is -3.12. The van der Waals surface area contributed by atoms with Gasteiger partial charge in [-0.05, 0) is 66.5 Å². The quantitative estimate of drug-likeness (QED) is 0.551. The molecule has 2 aromatic rings. The summed E-state index contributed by atoms with van der Waals surface area (Å²) in [5.74, 6) is 1.18. The first kappa shape index (κ1) is 19.6. The van der Waals surface area contributed by atoms with Crippen LogP contribution in [0, 0.1) is 35.5 Å². The van der Waals surface area contributed by atoms with Crippen molar-refractivity contribution in [1.82, 2.24) is 4.90 Å². The maximum atomic E-state index is 13.0. The minimum atomic E-state index is -0.393. The number of allylic oxidation sites excluding steroid dienone is 2. The number of nitrogens with one attached hydrogen (secondary N) is 1. The molecule has 1 saturated heterocycles. The highest BCUT2D eigenvalue weighted by Crippen LogP contribution is 2.65. The van der Waals surface area contributed by atoms with Crippen LogP contribution in [-0.4, -0.2) is 29.2 Å². The number of amides is 3. The lowest BCUT2D eigenvalue weighted by Gasteiger charge is -2.37. The Bertz CT molecular complexity index is 1120. The number of anilines is 1. The predicted molar refractivity (Wildman–Crippen MR) is 118 cm³/mol. The molecule has 6 atom stereocenters. The zero-order chi connectivity index (χ0) is 22.0. The van der Waals surface area contributed by atoms with Gasteiger partial charge in [-0.3, -0.25) is 19.3 Å². The highest BCUT2D eigenvalue weighted by Gasteiger charge is 2.67. The van der Waals surface area contributed by atoms with Crippen molar-refractivity contribution < 1.29 is 19.1 Å². The molecule has 7 rings (SSSR count). The number of halogens is 1. The fourth-order valence-electron chi connectivity index (χ4n) is 5.78. The Balaban J connectivity index is 1.10. The molecule has 6 nitrogen and oxygen atoms in total. The summed E-state index contributed by atoms with van der Waals surface area (Å²) in [5, 5.41) is 3.27. The van der Waals surface area contributed by atoms with Crippen LogP contribution < -0.4 is 10.1 Å². The molecule has 1 aliphatic heterocycles. The first-order valence-corrected chi connectivity index (χ1v) is 11.2. The predicted octanol–water partition coefficient (Wildman–Crippen LogP) is 4.12. The molecule has 0 aromatic heterocycles. The van der Waals surface area contributed by atoms with Gasteiger partial charge in [-0.2, -0.15) is 0 Å². The van der Waals surface area contributed by atoms with Gasteiger partial charge in [0.25, 0.3) is 0 Å². The van der Waals surface area contributed by atoms with Crippen molar-refractivity contribution in [2.75, 3.05) is 11.9 Å². The number of rotatable bonds is 5. The maximum Gasteiger partial charge on any atom is 0.244 e. The van der Waals surface area contributed by atoms with E-state index in [2.05, 4.69) is 17.5 Å². The molecule has 162 valence electrons. The van der Waals surface area contributed by atoms with Crippen LogP contribution >= 0.6 is 11.6 Å². The largest absolute Gasteiger partial charge is 0.456 e. The van der Waals surface area contributed by atoms with E-state index in [9.17, 15) is 14.4 Å². The summed E-state index contributed by atoms with van der Waals surface area (Å²) in [6, 6.07) is 14.0. The number of likely N-dealkylation sites (tertiary alicyclic amines) is 1. The lowest BCUT2D eigenvalue weighted by atomic mass is 9.63. The average Bonchev–Trinajstić information content (AvgIpc) is 3.58. The van der Waals surface area contributed by atoms with E-state index in [-0.39, 0.29) is 42.0 Å². The van der Waals surface area contributed by atoms with Crippen LogP contribution in [0.25, 0.3) is 0 Å². The number of hydrogen-bond donors (Lipinski definition) is 1. The second-order valence-electron chi connectivity index (χ2n) is 9.02. The number of carbonyl (C=O) groups is 3. The normalized spacial score (nSPS) is 31.3. The summed E-state index contributed by atoms with van der Waals surface area (Å²) in [6.45, 7) is -0.253. The molecule has 0 unspecified atom stereocenters. The molecule has 0 spiro atoms. The van der Waals surface area contributed by atoms with Gasteiger partial charge in [-0.15, -0.1) is 0 Å². The first-order chi connectivity index (χ1) is 15.5. The van der Waals surface area contributed by atoms with Gasteiger partial charge >= 0.3 is 0 Å². The Labute approximate surface area is 190 Å². The lowest BCUT2D eigenvalue weighted by molar-refractivity contribution is -0.142. The first-order valence-electron chi connectivity index (χ1n) is 10.9. The summed E-state index contributed by atoms with van der Waals surface area (Å²) in [6.07, 6.45) is 5.37. The van der Waals surface area contributed by atoms with E-state index >= 15 is 0 Å². The van der Waals surface area contributed by atoms with Crippen LogP contribution in [0.15, 0.2) is 60.7 Å². The molecule has 7 heteroatoms. The van der Waals surface area contributed by atoms with Crippen LogP contribution in [0.5, 0.6) is 11.5 Å². The highest BCUT2D eigenvalue weighted by molar-refractivity contribution is 6.32. The van der Waals surface area contributed by atoms with E-state index in [1.807, 2.05) is 12.1 Å². The molecular weight excluding hydrogens is 428 g/mol. The van der Waals surface area contributed by atoms with Crippen LogP contribution in [-0.2, 0) is 14.4 Å². The van der Waals surface area contributed by atoms with E-state index in [1.165, 1.54) is 0 Å². The minimum absolute atomic E-state index is 0.158. The SMILES string of the molecule is O=C(CN1C(=O)[C@@H]2[C@H]3C=C[C@@H]([C@@H]4C[C@@H]34)[C@H]2C1=O)Nc1ccc(Oc2ccccc2Cl)cc1. The Kier molecular flexibility index (Phi) is 4.40. The second kappa shape index (κ2) is 7.20. The Morgan fingerprint density at radius 1 is 0.969 bits per heavy atom. The number of carbonyl (C=O) groups excluding carboxylic acids is 3. The van der Waals surface area contributed by atoms with Crippen molar-refractivity contribution in [2.45, 2.75) is 6.42 Å². The van der Waals surface area contributed by atoms with E-state index in [1.54, 1.807) is 36.4 Å². The number of hydrogen-bond acceptors (Lipinski definition) is 4. The monoisotopic (exact) mass is 448 g/mol. The van der Waals surface area contributed by atoms with E-state index in [0.29, 0.717) is 34.0 Å². The van der Waals surface area contributed by atoms with Crippen molar-refractivity contribution in [1.29, 1.82) is 0 Å². The standard InChI is InChI=1S/C25H21ClN2O4/c26-19-3-1-2-4-20(19)32-14-7-5-13(6-8-14)27-21(29)12-28-24(30)22-15-9-10-16(18-11-17(15)18)23(22)25(28)31/h1-10,15-18,22-23H,11-12H2,(H,27,29)/t15-,16-,17-,18-,22+,23+/m0/s1. The molecule has 32 heavy (non-hydrogen) atoms. The van der Waals surface area contributed by atoms with Gasteiger partial charge in [0.15, 0.2) is 0 Å². The van der Waals surface area contributed by atoms with Gasteiger partial charge in [0.2, 0.25) is 17.7 Å². The van der Waals surface area contributed by atoms with E-state index < -0.39 is 5.91 Å². The van der Waals surface area contributed by atoms with E-state index in [0.717, 1.165) is 11.3 Å². The molecular formula is C25H21ClN2O4. The average molecular weight is 449 g/mol. The van der Waals surface area contributed by atoms with Crippen LogP contribution in [0.2, 0.25) is 5.02 Å². The highest BCUT2D eigenvalue weighted by atomic mass is 35.5.